The summed E-state index contributed by atoms with van der Waals surface area (Å²) < 4.78 is 6.75. The summed E-state index contributed by atoms with van der Waals surface area (Å²) >= 11 is 5.57. The van der Waals surface area contributed by atoms with Crippen LogP contribution in [0.2, 0.25) is 0 Å². The molecule has 1 aliphatic rings. The molecule has 25 heavy (non-hydrogen) atoms. The number of esters is 1. The van der Waals surface area contributed by atoms with Crippen LogP contribution >= 0.6 is 12.2 Å². The average molecular weight is 358 g/mol. The van der Waals surface area contributed by atoms with E-state index in [2.05, 4.69) is 27.5 Å². The second-order valence-corrected chi connectivity index (χ2v) is 6.50. The maximum absolute atomic E-state index is 11.4. The predicted molar refractivity (Wildman–Crippen MR) is 98.8 cm³/mol. The summed E-state index contributed by atoms with van der Waals surface area (Å²) in [5.41, 5.74) is 2.12. The fraction of sp³-hybridized carbons (Fsp3) is 0.389. The Hall–Kier alpha value is -2.41. The Bertz CT molecular complexity index is 747. The third-order valence-electron chi connectivity index (χ3n) is 4.40. The lowest BCUT2D eigenvalue weighted by Crippen LogP contribution is -2.30. The van der Waals surface area contributed by atoms with Crippen LogP contribution in [0.25, 0.3) is 0 Å². The van der Waals surface area contributed by atoms with Crippen molar-refractivity contribution in [3.8, 4) is 0 Å². The third kappa shape index (κ3) is 3.82. The molecule has 1 fully saturated rings. The summed E-state index contributed by atoms with van der Waals surface area (Å²) in [7, 11) is 3.41. The van der Waals surface area contributed by atoms with Crippen molar-refractivity contribution in [1.82, 2.24) is 19.8 Å². The molecular weight excluding hydrogens is 336 g/mol. The van der Waals surface area contributed by atoms with Crippen molar-refractivity contribution in [2.75, 3.05) is 13.7 Å². The first kappa shape index (κ1) is 17.4. The number of nitrogens with one attached hydrogen (secondary N) is 1. The Labute approximate surface area is 152 Å². The molecule has 6 nitrogen and oxygen atoms in total. The van der Waals surface area contributed by atoms with E-state index in [4.69, 9.17) is 17.0 Å². The summed E-state index contributed by atoms with van der Waals surface area (Å²) in [4.78, 5) is 18.1. The van der Waals surface area contributed by atoms with Gasteiger partial charge in [-0.2, -0.15) is 0 Å². The lowest BCUT2D eigenvalue weighted by Gasteiger charge is -2.27. The molecule has 0 amide bonds. The van der Waals surface area contributed by atoms with Gasteiger partial charge in [-0.1, -0.05) is 6.07 Å². The monoisotopic (exact) mass is 358 g/mol. The van der Waals surface area contributed by atoms with Crippen LogP contribution in [0.1, 0.15) is 36.2 Å². The standard InChI is InChI=1S/C18H22N4O2S/c1-21-11-8-13(12-21)17-16(14-6-3-4-9-19-14)20-18(25)22(17)10-5-7-15(23)24-2/h3-4,6,8-9,11-12,16-17H,5,7,10H2,1-2H3,(H,20,25)/t16-,17-/m0/s1. The van der Waals surface area contributed by atoms with Gasteiger partial charge in [0.05, 0.1) is 24.9 Å². The molecule has 0 radical (unpaired) electrons. The fourth-order valence-electron chi connectivity index (χ4n) is 3.21. The number of aryl methyl sites for hydroxylation is 1. The molecule has 0 saturated carbocycles. The molecule has 2 aromatic heterocycles. The topological polar surface area (TPSA) is 59.4 Å². The molecule has 0 unspecified atom stereocenters. The van der Waals surface area contributed by atoms with Gasteiger partial charge in [0.25, 0.3) is 0 Å². The van der Waals surface area contributed by atoms with Crippen LogP contribution in [0.15, 0.2) is 42.9 Å². The number of hydrogen-bond donors (Lipinski definition) is 1. The number of aromatic nitrogens is 2. The minimum atomic E-state index is -0.199. The van der Waals surface area contributed by atoms with Crippen LogP contribution in [0, 0.1) is 0 Å². The van der Waals surface area contributed by atoms with Crippen molar-refractivity contribution in [2.24, 2.45) is 7.05 Å². The van der Waals surface area contributed by atoms with Gasteiger partial charge >= 0.3 is 5.97 Å². The highest BCUT2D eigenvalue weighted by Crippen LogP contribution is 2.38. The number of rotatable bonds is 6. The van der Waals surface area contributed by atoms with Gasteiger partial charge in [0.1, 0.15) is 0 Å². The van der Waals surface area contributed by atoms with E-state index in [0.717, 1.165) is 5.69 Å². The predicted octanol–water partition coefficient (Wildman–Crippen LogP) is 2.35. The van der Waals surface area contributed by atoms with Gasteiger partial charge in [0.15, 0.2) is 5.11 Å². The molecule has 2 atom stereocenters. The van der Waals surface area contributed by atoms with Crippen molar-refractivity contribution >= 4 is 23.3 Å². The fourth-order valence-corrected chi connectivity index (χ4v) is 3.54. The van der Waals surface area contributed by atoms with E-state index in [1.165, 1.54) is 12.7 Å². The molecular formula is C18H22N4O2S. The minimum absolute atomic E-state index is 0.0192. The van der Waals surface area contributed by atoms with E-state index in [0.29, 0.717) is 24.5 Å². The highest BCUT2D eigenvalue weighted by atomic mass is 32.1. The summed E-state index contributed by atoms with van der Waals surface area (Å²) in [6.45, 7) is 0.684. The van der Waals surface area contributed by atoms with Crippen LogP contribution in [0.3, 0.4) is 0 Å². The van der Waals surface area contributed by atoms with E-state index in [-0.39, 0.29) is 18.1 Å². The van der Waals surface area contributed by atoms with Gasteiger partial charge in [-0.15, -0.1) is 0 Å². The summed E-state index contributed by atoms with van der Waals surface area (Å²) in [6.07, 6.45) is 6.99. The zero-order valence-electron chi connectivity index (χ0n) is 14.4. The molecule has 2 aromatic rings. The third-order valence-corrected chi connectivity index (χ3v) is 4.75. The van der Waals surface area contributed by atoms with E-state index in [1.54, 1.807) is 6.20 Å². The number of ether oxygens (including phenoxy) is 1. The first-order valence-corrected chi connectivity index (χ1v) is 8.67. The van der Waals surface area contributed by atoms with Crippen molar-refractivity contribution in [1.29, 1.82) is 0 Å². The normalized spacial score (nSPS) is 19.8. The molecule has 3 rings (SSSR count). The van der Waals surface area contributed by atoms with Crippen LogP contribution in [-0.4, -0.2) is 39.2 Å². The molecule has 1 N–H and O–H groups in total. The molecule has 0 aliphatic carbocycles. The van der Waals surface area contributed by atoms with Gasteiger partial charge in [-0.05, 0) is 42.4 Å². The van der Waals surface area contributed by atoms with Crippen LogP contribution in [0.5, 0.6) is 0 Å². The lowest BCUT2D eigenvalue weighted by atomic mass is 9.99. The Kier molecular flexibility index (Phi) is 5.33. The van der Waals surface area contributed by atoms with Crippen molar-refractivity contribution in [3.63, 3.8) is 0 Å². The number of thiocarbonyl (C=S) groups is 1. The Morgan fingerprint density at radius 1 is 1.40 bits per heavy atom. The Morgan fingerprint density at radius 3 is 2.88 bits per heavy atom. The maximum Gasteiger partial charge on any atom is 0.305 e. The molecule has 1 saturated heterocycles. The molecule has 0 spiro atoms. The minimum Gasteiger partial charge on any atom is -0.469 e. The summed E-state index contributed by atoms with van der Waals surface area (Å²) in [6, 6.07) is 8.02. The zero-order valence-corrected chi connectivity index (χ0v) is 15.2. The summed E-state index contributed by atoms with van der Waals surface area (Å²) in [5, 5.41) is 4.09. The molecule has 132 valence electrons. The van der Waals surface area contributed by atoms with E-state index in [9.17, 15) is 4.79 Å². The lowest BCUT2D eigenvalue weighted by molar-refractivity contribution is -0.140. The Morgan fingerprint density at radius 2 is 2.24 bits per heavy atom. The average Bonchev–Trinajstić information content (AvgIpc) is 3.19. The number of hydrogen-bond acceptors (Lipinski definition) is 4. The van der Waals surface area contributed by atoms with Crippen LogP contribution < -0.4 is 5.32 Å². The van der Waals surface area contributed by atoms with Crippen LogP contribution in [-0.2, 0) is 16.6 Å². The number of carbonyl (C=O) groups excluding carboxylic acids is 1. The molecule has 0 aromatic carbocycles. The molecule has 7 heteroatoms. The van der Waals surface area contributed by atoms with E-state index >= 15 is 0 Å². The van der Waals surface area contributed by atoms with Gasteiger partial charge in [-0.25, -0.2) is 0 Å². The zero-order chi connectivity index (χ0) is 17.8. The van der Waals surface area contributed by atoms with Gasteiger partial charge < -0.3 is 19.5 Å². The largest absolute Gasteiger partial charge is 0.469 e. The Balaban J connectivity index is 1.85. The highest BCUT2D eigenvalue weighted by molar-refractivity contribution is 7.80. The first-order chi connectivity index (χ1) is 12.1. The molecule has 1 aliphatic heterocycles. The van der Waals surface area contributed by atoms with Crippen LogP contribution in [0.4, 0.5) is 0 Å². The maximum atomic E-state index is 11.4. The number of nitrogens with zero attached hydrogens (tertiary/aromatic N) is 3. The molecule has 0 bridgehead atoms. The van der Waals surface area contributed by atoms with Gasteiger partial charge in [-0.3, -0.25) is 9.78 Å². The number of pyridine rings is 1. The highest BCUT2D eigenvalue weighted by Gasteiger charge is 2.39. The first-order valence-electron chi connectivity index (χ1n) is 8.27. The second-order valence-electron chi connectivity index (χ2n) is 6.11. The van der Waals surface area contributed by atoms with Crippen molar-refractivity contribution in [3.05, 3.63) is 54.1 Å². The quantitative estimate of drug-likeness (QED) is 0.632. The number of carbonyl (C=O) groups is 1. The smallest absolute Gasteiger partial charge is 0.305 e. The van der Waals surface area contributed by atoms with Crippen molar-refractivity contribution < 1.29 is 9.53 Å². The van der Waals surface area contributed by atoms with Gasteiger partial charge in [0.2, 0.25) is 0 Å². The second kappa shape index (κ2) is 7.65. The van der Waals surface area contributed by atoms with E-state index in [1.807, 2.05) is 36.0 Å². The summed E-state index contributed by atoms with van der Waals surface area (Å²) in [5.74, 6) is -0.199. The number of methoxy groups -OCH3 is 1. The molecule has 3 heterocycles. The SMILES string of the molecule is COC(=O)CCCN1C(=S)N[C@@H](c2ccccn2)[C@@H]1c1ccn(C)c1. The van der Waals surface area contributed by atoms with Gasteiger partial charge in [0, 0.05) is 38.6 Å². The van der Waals surface area contributed by atoms with Crippen molar-refractivity contribution in [2.45, 2.75) is 24.9 Å². The van der Waals surface area contributed by atoms with E-state index < -0.39 is 0 Å².